The zero-order valence-corrected chi connectivity index (χ0v) is 9.77. The van der Waals surface area contributed by atoms with Crippen molar-refractivity contribution in [1.29, 1.82) is 0 Å². The normalized spacial score (nSPS) is 22.1. The van der Waals surface area contributed by atoms with E-state index in [1.165, 1.54) is 0 Å². The Morgan fingerprint density at radius 1 is 1.44 bits per heavy atom. The summed E-state index contributed by atoms with van der Waals surface area (Å²) in [5, 5.41) is 0. The number of piperidine rings is 1. The van der Waals surface area contributed by atoms with Crippen LogP contribution in [-0.2, 0) is 4.79 Å². The summed E-state index contributed by atoms with van der Waals surface area (Å²) in [5.74, 6) is 1.18. The van der Waals surface area contributed by atoms with Crippen molar-refractivity contribution in [1.82, 2.24) is 4.90 Å². The van der Waals surface area contributed by atoms with Crippen LogP contribution in [0.1, 0.15) is 17.9 Å². The fraction of sp³-hybridized carbons (Fsp3) is 0.462. The van der Waals surface area contributed by atoms with Crippen molar-refractivity contribution in [2.45, 2.75) is 12.3 Å². The molecule has 0 aliphatic carbocycles. The third kappa shape index (κ3) is 2.25. The lowest BCUT2D eigenvalue weighted by atomic mass is 9.88. The van der Waals surface area contributed by atoms with Gasteiger partial charge in [-0.15, -0.1) is 0 Å². The predicted molar refractivity (Wildman–Crippen MR) is 62.9 cm³/mol. The summed E-state index contributed by atoms with van der Waals surface area (Å²) in [7, 11) is 3.63. The second-order valence-corrected chi connectivity index (χ2v) is 4.32. The zero-order valence-electron chi connectivity index (χ0n) is 9.77. The maximum Gasteiger partial charge on any atom is 0.154 e. The molecular formula is C13H17NO2. The van der Waals surface area contributed by atoms with Crippen LogP contribution in [0.3, 0.4) is 0 Å². The molecule has 0 spiro atoms. The van der Waals surface area contributed by atoms with Gasteiger partial charge in [0.25, 0.3) is 0 Å². The second-order valence-electron chi connectivity index (χ2n) is 4.32. The molecule has 3 nitrogen and oxygen atoms in total. The minimum Gasteiger partial charge on any atom is -0.497 e. The first-order valence-corrected chi connectivity index (χ1v) is 5.56. The van der Waals surface area contributed by atoms with E-state index in [4.69, 9.17) is 4.74 Å². The van der Waals surface area contributed by atoms with Crippen molar-refractivity contribution in [3.8, 4) is 5.75 Å². The largest absolute Gasteiger partial charge is 0.497 e. The number of nitrogens with zero attached hydrogens (tertiary/aromatic N) is 1. The second kappa shape index (κ2) is 4.66. The van der Waals surface area contributed by atoms with Crippen LogP contribution in [0.5, 0.6) is 5.75 Å². The van der Waals surface area contributed by atoms with Gasteiger partial charge in [-0.2, -0.15) is 0 Å². The van der Waals surface area contributed by atoms with Crippen molar-refractivity contribution >= 4 is 5.78 Å². The number of hydrogen-bond donors (Lipinski definition) is 0. The van der Waals surface area contributed by atoms with Crippen molar-refractivity contribution in [3.05, 3.63) is 29.8 Å². The lowest BCUT2D eigenvalue weighted by molar-refractivity contribution is -0.123. The van der Waals surface area contributed by atoms with Crippen LogP contribution in [0, 0.1) is 0 Å². The lowest BCUT2D eigenvalue weighted by Crippen LogP contribution is -2.37. The van der Waals surface area contributed by atoms with Gasteiger partial charge < -0.3 is 4.74 Å². The topological polar surface area (TPSA) is 29.5 Å². The highest BCUT2D eigenvalue weighted by atomic mass is 16.5. The Bertz CT molecular complexity index is 389. The van der Waals surface area contributed by atoms with Gasteiger partial charge in [-0.1, -0.05) is 12.1 Å². The van der Waals surface area contributed by atoms with Gasteiger partial charge in [-0.3, -0.25) is 9.69 Å². The summed E-state index contributed by atoms with van der Waals surface area (Å²) in [6.45, 7) is 1.54. The van der Waals surface area contributed by atoms with Gasteiger partial charge in [-0.25, -0.2) is 0 Å². The number of rotatable bonds is 2. The number of hydrogen-bond acceptors (Lipinski definition) is 3. The molecule has 0 saturated carbocycles. The fourth-order valence-electron chi connectivity index (χ4n) is 2.18. The molecule has 1 unspecified atom stereocenters. The lowest BCUT2D eigenvalue weighted by Gasteiger charge is -2.28. The van der Waals surface area contributed by atoms with Gasteiger partial charge in [0.05, 0.1) is 13.7 Å². The summed E-state index contributed by atoms with van der Waals surface area (Å²) < 4.78 is 5.18. The van der Waals surface area contributed by atoms with Crippen LogP contribution in [0.15, 0.2) is 24.3 Å². The molecule has 0 bridgehead atoms. The molecule has 1 aromatic rings. The van der Waals surface area contributed by atoms with E-state index >= 15 is 0 Å². The molecule has 0 amide bonds. The minimum absolute atomic E-state index is 0.0475. The summed E-state index contributed by atoms with van der Waals surface area (Å²) in [6, 6.07) is 7.83. The summed E-state index contributed by atoms with van der Waals surface area (Å²) >= 11 is 0. The molecule has 1 aromatic carbocycles. The van der Waals surface area contributed by atoms with Gasteiger partial charge in [0, 0.05) is 5.92 Å². The maximum absolute atomic E-state index is 11.9. The van der Waals surface area contributed by atoms with Crippen molar-refractivity contribution in [2.24, 2.45) is 0 Å². The molecule has 0 radical (unpaired) electrons. The number of likely N-dealkylation sites (N-methyl/N-ethyl adjacent to an activating group) is 1. The number of Topliss-reactive ketones (excluding diaryl/α,β-unsaturated/α-hetero) is 1. The average molecular weight is 219 g/mol. The maximum atomic E-state index is 11.9. The van der Waals surface area contributed by atoms with Gasteiger partial charge in [0.15, 0.2) is 5.78 Å². The SMILES string of the molecule is COc1cccc(C2CCN(C)CC2=O)c1. The molecule has 0 aromatic heterocycles. The highest BCUT2D eigenvalue weighted by molar-refractivity contribution is 5.88. The van der Waals surface area contributed by atoms with Crippen molar-refractivity contribution in [3.63, 3.8) is 0 Å². The monoisotopic (exact) mass is 219 g/mol. The standard InChI is InChI=1S/C13H17NO2/c1-14-7-6-12(13(15)9-14)10-4-3-5-11(8-10)16-2/h3-5,8,12H,6-7,9H2,1-2H3. The van der Waals surface area contributed by atoms with Gasteiger partial charge >= 0.3 is 0 Å². The molecule has 0 N–H and O–H groups in total. The van der Waals surface area contributed by atoms with Crippen LogP contribution >= 0.6 is 0 Å². The molecule has 1 saturated heterocycles. The number of likely N-dealkylation sites (tertiary alicyclic amines) is 1. The van der Waals surface area contributed by atoms with Crippen LogP contribution < -0.4 is 4.74 Å². The third-order valence-electron chi connectivity index (χ3n) is 3.11. The third-order valence-corrected chi connectivity index (χ3v) is 3.11. The molecule has 1 aliphatic heterocycles. The molecule has 1 aliphatic rings. The first-order chi connectivity index (χ1) is 7.70. The van der Waals surface area contributed by atoms with Gasteiger partial charge in [-0.05, 0) is 37.7 Å². The van der Waals surface area contributed by atoms with E-state index < -0.39 is 0 Å². The minimum atomic E-state index is 0.0475. The fourth-order valence-corrected chi connectivity index (χ4v) is 2.18. The number of carbonyl (C=O) groups excluding carboxylic acids is 1. The van der Waals surface area contributed by atoms with Crippen molar-refractivity contribution < 1.29 is 9.53 Å². The number of methoxy groups -OCH3 is 1. The summed E-state index contributed by atoms with van der Waals surface area (Å²) in [6.07, 6.45) is 0.905. The van der Waals surface area contributed by atoms with Crippen LogP contribution in [0.4, 0.5) is 0 Å². The number of benzene rings is 1. The van der Waals surface area contributed by atoms with Gasteiger partial charge in [0.1, 0.15) is 5.75 Å². The predicted octanol–water partition coefficient (Wildman–Crippen LogP) is 1.68. The van der Waals surface area contributed by atoms with E-state index in [1.54, 1.807) is 7.11 Å². The quantitative estimate of drug-likeness (QED) is 0.758. The number of ether oxygens (including phenoxy) is 1. The molecule has 2 rings (SSSR count). The first-order valence-electron chi connectivity index (χ1n) is 5.56. The van der Waals surface area contributed by atoms with E-state index in [-0.39, 0.29) is 5.92 Å². The zero-order chi connectivity index (χ0) is 11.5. The molecule has 1 atom stereocenters. The Morgan fingerprint density at radius 2 is 2.25 bits per heavy atom. The van der Waals surface area contributed by atoms with E-state index in [0.29, 0.717) is 12.3 Å². The molecule has 1 heterocycles. The molecule has 86 valence electrons. The van der Waals surface area contributed by atoms with Crippen molar-refractivity contribution in [2.75, 3.05) is 27.2 Å². The first kappa shape index (κ1) is 11.1. The van der Waals surface area contributed by atoms with E-state index in [0.717, 1.165) is 24.3 Å². The smallest absolute Gasteiger partial charge is 0.154 e. The van der Waals surface area contributed by atoms with Crippen LogP contribution in [-0.4, -0.2) is 37.9 Å². The molecular weight excluding hydrogens is 202 g/mol. The average Bonchev–Trinajstić information content (AvgIpc) is 2.29. The Balaban J connectivity index is 2.20. The molecule has 1 fully saturated rings. The highest BCUT2D eigenvalue weighted by Gasteiger charge is 2.26. The Labute approximate surface area is 96.0 Å². The van der Waals surface area contributed by atoms with E-state index in [9.17, 15) is 4.79 Å². The Kier molecular flexibility index (Phi) is 3.25. The Morgan fingerprint density at radius 3 is 2.94 bits per heavy atom. The summed E-state index contributed by atoms with van der Waals surface area (Å²) in [5.41, 5.74) is 1.08. The Hall–Kier alpha value is -1.35. The number of carbonyl (C=O) groups is 1. The summed E-state index contributed by atoms with van der Waals surface area (Å²) in [4.78, 5) is 14.0. The molecule has 3 heteroatoms. The van der Waals surface area contributed by atoms with E-state index in [2.05, 4.69) is 4.90 Å². The van der Waals surface area contributed by atoms with Gasteiger partial charge in [0.2, 0.25) is 0 Å². The number of ketones is 1. The van der Waals surface area contributed by atoms with E-state index in [1.807, 2.05) is 31.3 Å². The molecule has 16 heavy (non-hydrogen) atoms. The highest BCUT2D eigenvalue weighted by Crippen LogP contribution is 2.27. The van der Waals surface area contributed by atoms with Crippen LogP contribution in [0.2, 0.25) is 0 Å². The van der Waals surface area contributed by atoms with Crippen LogP contribution in [0.25, 0.3) is 0 Å².